The lowest BCUT2D eigenvalue weighted by Crippen LogP contribution is -2.40. The number of ether oxygens (including phenoxy) is 2. The van der Waals surface area contributed by atoms with Gasteiger partial charge in [-0.15, -0.1) is 0 Å². The Hall–Kier alpha value is -3.02. The minimum Gasteiger partial charge on any atom is -0.492 e. The Kier molecular flexibility index (Phi) is 7.99. The van der Waals surface area contributed by atoms with Crippen molar-refractivity contribution in [1.29, 1.82) is 0 Å². The molecule has 6 nitrogen and oxygen atoms in total. The predicted octanol–water partition coefficient (Wildman–Crippen LogP) is 2.26. The highest BCUT2D eigenvalue weighted by Gasteiger charge is 2.04. The van der Waals surface area contributed by atoms with Crippen LogP contribution in [0.15, 0.2) is 59.6 Å². The Bertz CT molecular complexity index is 700. The molecule has 0 aliphatic heterocycles. The molecule has 0 unspecified atom stereocenters. The van der Waals surface area contributed by atoms with Crippen molar-refractivity contribution >= 4 is 11.9 Å². The zero-order chi connectivity index (χ0) is 18.6. The number of esters is 1. The molecule has 0 aromatic heterocycles. The number of hydrogen-bond donors (Lipinski definition) is 2. The second-order valence-corrected chi connectivity index (χ2v) is 5.53. The number of aliphatic imine (C=N–C) groups is 1. The number of carbonyl (C=O) groups excluding carboxylic acids is 1. The van der Waals surface area contributed by atoms with Crippen LogP contribution in [-0.4, -0.2) is 45.8 Å². The maximum Gasteiger partial charge on any atom is 0.337 e. The lowest BCUT2D eigenvalue weighted by molar-refractivity contribution is 0.0600. The van der Waals surface area contributed by atoms with Crippen LogP contribution in [0.4, 0.5) is 0 Å². The van der Waals surface area contributed by atoms with Crippen LogP contribution in [0.3, 0.4) is 0 Å². The summed E-state index contributed by atoms with van der Waals surface area (Å²) < 4.78 is 10.3. The fourth-order valence-corrected chi connectivity index (χ4v) is 2.33. The summed E-state index contributed by atoms with van der Waals surface area (Å²) in [7, 11) is 3.11. The molecule has 0 radical (unpaired) electrons. The van der Waals surface area contributed by atoms with E-state index in [2.05, 4.69) is 15.6 Å². The van der Waals surface area contributed by atoms with Gasteiger partial charge in [-0.3, -0.25) is 4.99 Å². The van der Waals surface area contributed by atoms with Crippen molar-refractivity contribution in [3.63, 3.8) is 0 Å². The van der Waals surface area contributed by atoms with Gasteiger partial charge in [0.1, 0.15) is 12.4 Å². The highest BCUT2D eigenvalue weighted by atomic mass is 16.5. The number of guanidine groups is 1. The fraction of sp³-hybridized carbons (Fsp3) is 0.300. The molecule has 0 saturated heterocycles. The minimum atomic E-state index is -0.322. The van der Waals surface area contributed by atoms with Crippen molar-refractivity contribution in [2.75, 3.05) is 33.9 Å². The van der Waals surface area contributed by atoms with E-state index in [9.17, 15) is 4.79 Å². The molecular formula is C20H25N3O3. The van der Waals surface area contributed by atoms with Gasteiger partial charge in [-0.2, -0.15) is 0 Å². The number of nitrogens with one attached hydrogen (secondary N) is 2. The van der Waals surface area contributed by atoms with Crippen molar-refractivity contribution in [3.05, 3.63) is 65.7 Å². The summed E-state index contributed by atoms with van der Waals surface area (Å²) in [5, 5.41) is 6.47. The van der Waals surface area contributed by atoms with E-state index in [1.165, 1.54) is 7.11 Å². The van der Waals surface area contributed by atoms with E-state index < -0.39 is 0 Å². The minimum absolute atomic E-state index is 0.322. The maximum absolute atomic E-state index is 11.4. The lowest BCUT2D eigenvalue weighted by atomic mass is 10.1. The second kappa shape index (κ2) is 10.8. The van der Waals surface area contributed by atoms with E-state index >= 15 is 0 Å². The Balaban J connectivity index is 1.66. The Labute approximate surface area is 154 Å². The third-order valence-electron chi connectivity index (χ3n) is 3.71. The van der Waals surface area contributed by atoms with Crippen LogP contribution in [0, 0.1) is 0 Å². The standard InChI is InChI=1S/C20H25N3O3/c1-21-20(23-14-15-26-18-6-4-3-5-7-18)22-13-12-16-8-10-17(11-9-16)19(24)25-2/h3-11H,12-15H2,1-2H3,(H2,21,22,23). The van der Waals surface area contributed by atoms with Gasteiger partial charge in [0.15, 0.2) is 5.96 Å². The van der Waals surface area contributed by atoms with Crippen molar-refractivity contribution in [2.45, 2.75) is 6.42 Å². The van der Waals surface area contributed by atoms with E-state index in [4.69, 9.17) is 9.47 Å². The molecule has 2 rings (SSSR count). The van der Waals surface area contributed by atoms with Crippen LogP contribution in [0.1, 0.15) is 15.9 Å². The van der Waals surface area contributed by atoms with Gasteiger partial charge >= 0.3 is 5.97 Å². The molecule has 0 fully saturated rings. The molecule has 0 saturated carbocycles. The van der Waals surface area contributed by atoms with Crippen molar-refractivity contribution < 1.29 is 14.3 Å². The van der Waals surface area contributed by atoms with E-state index in [0.717, 1.165) is 30.2 Å². The third-order valence-corrected chi connectivity index (χ3v) is 3.71. The first-order valence-corrected chi connectivity index (χ1v) is 8.52. The summed E-state index contributed by atoms with van der Waals surface area (Å²) in [6.07, 6.45) is 0.822. The largest absolute Gasteiger partial charge is 0.492 e. The summed E-state index contributed by atoms with van der Waals surface area (Å²) in [6.45, 7) is 1.94. The van der Waals surface area contributed by atoms with E-state index in [1.54, 1.807) is 19.2 Å². The highest BCUT2D eigenvalue weighted by molar-refractivity contribution is 5.89. The molecule has 0 heterocycles. The lowest BCUT2D eigenvalue weighted by Gasteiger charge is -2.12. The smallest absolute Gasteiger partial charge is 0.337 e. The molecule has 0 amide bonds. The maximum atomic E-state index is 11.4. The molecular weight excluding hydrogens is 330 g/mol. The first-order valence-electron chi connectivity index (χ1n) is 8.52. The normalized spacial score (nSPS) is 10.9. The second-order valence-electron chi connectivity index (χ2n) is 5.53. The van der Waals surface area contributed by atoms with E-state index in [0.29, 0.717) is 18.7 Å². The monoisotopic (exact) mass is 355 g/mol. The number of rotatable bonds is 8. The van der Waals surface area contributed by atoms with Gasteiger partial charge in [-0.1, -0.05) is 30.3 Å². The molecule has 6 heteroatoms. The summed E-state index contributed by atoms with van der Waals surface area (Å²) >= 11 is 0. The highest BCUT2D eigenvalue weighted by Crippen LogP contribution is 2.07. The van der Waals surface area contributed by atoms with Crippen LogP contribution >= 0.6 is 0 Å². The van der Waals surface area contributed by atoms with Crippen LogP contribution in [0.2, 0.25) is 0 Å². The molecule has 0 aliphatic rings. The van der Waals surface area contributed by atoms with E-state index in [-0.39, 0.29) is 5.97 Å². The van der Waals surface area contributed by atoms with E-state index in [1.807, 2.05) is 42.5 Å². The fourth-order valence-electron chi connectivity index (χ4n) is 2.33. The predicted molar refractivity (Wildman–Crippen MR) is 103 cm³/mol. The van der Waals surface area contributed by atoms with Gasteiger partial charge < -0.3 is 20.1 Å². The number of hydrogen-bond acceptors (Lipinski definition) is 4. The number of para-hydroxylation sites is 1. The molecule has 26 heavy (non-hydrogen) atoms. The number of nitrogens with zero attached hydrogens (tertiary/aromatic N) is 1. The average Bonchev–Trinajstić information content (AvgIpc) is 2.70. The molecule has 0 spiro atoms. The number of methoxy groups -OCH3 is 1. The summed E-state index contributed by atoms with van der Waals surface area (Å²) in [5.41, 5.74) is 1.69. The molecule has 2 aromatic carbocycles. The van der Waals surface area contributed by atoms with Gasteiger partial charge in [-0.25, -0.2) is 4.79 Å². The van der Waals surface area contributed by atoms with Crippen LogP contribution in [0.5, 0.6) is 5.75 Å². The summed E-state index contributed by atoms with van der Waals surface area (Å²) in [5.74, 6) is 1.26. The number of benzene rings is 2. The van der Waals surface area contributed by atoms with Gasteiger partial charge in [0.2, 0.25) is 0 Å². The van der Waals surface area contributed by atoms with Crippen molar-refractivity contribution in [3.8, 4) is 5.75 Å². The molecule has 2 aromatic rings. The van der Waals surface area contributed by atoms with Crippen LogP contribution < -0.4 is 15.4 Å². The molecule has 0 bridgehead atoms. The zero-order valence-corrected chi connectivity index (χ0v) is 15.2. The van der Waals surface area contributed by atoms with Crippen molar-refractivity contribution in [2.24, 2.45) is 4.99 Å². The SMILES string of the molecule is CN=C(NCCOc1ccccc1)NCCc1ccc(C(=O)OC)cc1. The van der Waals surface area contributed by atoms with Gasteiger partial charge in [-0.05, 0) is 36.2 Å². The molecule has 2 N–H and O–H groups in total. The summed E-state index contributed by atoms with van der Waals surface area (Å²) in [6, 6.07) is 17.1. The topological polar surface area (TPSA) is 72.0 Å². The molecule has 0 aliphatic carbocycles. The Morgan fingerprint density at radius 3 is 2.35 bits per heavy atom. The van der Waals surface area contributed by atoms with Crippen LogP contribution in [-0.2, 0) is 11.2 Å². The first-order chi connectivity index (χ1) is 12.7. The van der Waals surface area contributed by atoms with Gasteiger partial charge in [0, 0.05) is 13.6 Å². The average molecular weight is 355 g/mol. The van der Waals surface area contributed by atoms with Gasteiger partial charge in [0.05, 0.1) is 19.2 Å². The van der Waals surface area contributed by atoms with Gasteiger partial charge in [0.25, 0.3) is 0 Å². The third kappa shape index (κ3) is 6.47. The first kappa shape index (κ1) is 19.3. The van der Waals surface area contributed by atoms with Crippen molar-refractivity contribution in [1.82, 2.24) is 10.6 Å². The Morgan fingerprint density at radius 1 is 1.00 bits per heavy atom. The molecule has 138 valence electrons. The quantitative estimate of drug-likeness (QED) is 0.329. The number of carbonyl (C=O) groups is 1. The molecule has 0 atom stereocenters. The van der Waals surface area contributed by atoms with Crippen LogP contribution in [0.25, 0.3) is 0 Å². The zero-order valence-electron chi connectivity index (χ0n) is 15.2. The summed E-state index contributed by atoms with van der Waals surface area (Å²) in [4.78, 5) is 15.6. The Morgan fingerprint density at radius 2 is 1.69 bits per heavy atom.